The smallest absolute Gasteiger partial charge is 0.255 e. The first-order chi connectivity index (χ1) is 16.1. The highest BCUT2D eigenvalue weighted by atomic mass is 16.5. The number of hydrogen-bond donors (Lipinski definition) is 1. The van der Waals surface area contributed by atoms with Gasteiger partial charge in [-0.2, -0.15) is 0 Å². The van der Waals surface area contributed by atoms with Crippen LogP contribution in [0.5, 0.6) is 5.75 Å². The molecular weight excluding hydrogens is 412 g/mol. The molecule has 1 aliphatic heterocycles. The van der Waals surface area contributed by atoms with E-state index in [0.717, 1.165) is 42.6 Å². The summed E-state index contributed by atoms with van der Waals surface area (Å²) in [7, 11) is 0. The average Bonchev–Trinajstić information content (AvgIpc) is 2.85. The normalized spacial score (nSPS) is 12.9. The lowest BCUT2D eigenvalue weighted by molar-refractivity contribution is 0.0727. The zero-order valence-electron chi connectivity index (χ0n) is 19.0. The van der Waals surface area contributed by atoms with Gasteiger partial charge in [-0.1, -0.05) is 50.1 Å². The molecule has 1 N–H and O–H groups in total. The minimum Gasteiger partial charge on any atom is -0.494 e. The maximum absolute atomic E-state index is 12.9. The second kappa shape index (κ2) is 10.8. The summed E-state index contributed by atoms with van der Waals surface area (Å²) in [6.07, 6.45) is 4.11. The van der Waals surface area contributed by atoms with Crippen molar-refractivity contribution in [2.75, 3.05) is 18.5 Å². The Labute approximate surface area is 195 Å². The predicted octanol–water partition coefficient (Wildman–Crippen LogP) is 5.71. The van der Waals surface area contributed by atoms with Gasteiger partial charge in [0.05, 0.1) is 6.61 Å². The van der Waals surface area contributed by atoms with Crippen molar-refractivity contribution in [3.63, 3.8) is 0 Å². The Morgan fingerprint density at radius 1 is 1.00 bits per heavy atom. The number of amides is 2. The molecule has 0 unspecified atom stereocenters. The van der Waals surface area contributed by atoms with E-state index in [9.17, 15) is 9.59 Å². The molecule has 0 atom stereocenters. The van der Waals surface area contributed by atoms with E-state index in [1.54, 1.807) is 18.2 Å². The fourth-order valence-electron chi connectivity index (χ4n) is 4.02. The van der Waals surface area contributed by atoms with Crippen LogP contribution < -0.4 is 10.1 Å². The van der Waals surface area contributed by atoms with Crippen LogP contribution in [-0.4, -0.2) is 29.9 Å². The Hall–Kier alpha value is -3.60. The van der Waals surface area contributed by atoms with Crippen LogP contribution in [0.1, 0.15) is 58.0 Å². The fraction of sp³-hybridized carbons (Fsp3) is 0.286. The van der Waals surface area contributed by atoms with Crippen molar-refractivity contribution in [3.8, 4) is 5.75 Å². The van der Waals surface area contributed by atoms with E-state index in [1.165, 1.54) is 0 Å². The molecule has 1 heterocycles. The predicted molar refractivity (Wildman–Crippen MR) is 131 cm³/mol. The van der Waals surface area contributed by atoms with Crippen molar-refractivity contribution in [2.24, 2.45) is 0 Å². The molecule has 4 rings (SSSR count). The summed E-state index contributed by atoms with van der Waals surface area (Å²) in [5.41, 5.74) is 4.06. The largest absolute Gasteiger partial charge is 0.494 e. The average molecular weight is 443 g/mol. The third-order valence-corrected chi connectivity index (χ3v) is 5.88. The van der Waals surface area contributed by atoms with Crippen LogP contribution in [0.25, 0.3) is 0 Å². The Kier molecular flexibility index (Phi) is 7.40. The summed E-state index contributed by atoms with van der Waals surface area (Å²) in [5.74, 6) is 0.628. The van der Waals surface area contributed by atoms with Crippen molar-refractivity contribution in [2.45, 2.75) is 39.2 Å². The molecule has 3 aromatic carbocycles. The molecule has 0 radical (unpaired) electrons. The van der Waals surface area contributed by atoms with Crippen LogP contribution in [-0.2, 0) is 13.0 Å². The van der Waals surface area contributed by atoms with E-state index in [2.05, 4.69) is 12.2 Å². The first-order valence-corrected chi connectivity index (χ1v) is 11.6. The molecule has 0 saturated carbocycles. The standard InChI is InChI=1S/C28H30N2O3/c1-2-3-7-18-33-25-13-10-22(11-14-25)27(31)29-24-12-15-26-23(19-24)16-17-30(28(26)32)20-21-8-5-4-6-9-21/h4-6,8-15,19H,2-3,7,16-18,20H2,1H3,(H,29,31). The Morgan fingerprint density at radius 2 is 1.79 bits per heavy atom. The van der Waals surface area contributed by atoms with E-state index < -0.39 is 0 Å². The second-order valence-corrected chi connectivity index (χ2v) is 8.37. The maximum Gasteiger partial charge on any atom is 0.255 e. The molecular formula is C28H30N2O3. The van der Waals surface area contributed by atoms with Crippen molar-refractivity contribution in [1.82, 2.24) is 4.90 Å². The number of ether oxygens (including phenoxy) is 1. The summed E-state index contributed by atoms with van der Waals surface area (Å²) in [5, 5.41) is 2.95. The number of hydrogen-bond acceptors (Lipinski definition) is 3. The lowest BCUT2D eigenvalue weighted by atomic mass is 9.97. The van der Waals surface area contributed by atoms with Gasteiger partial charge < -0.3 is 15.0 Å². The van der Waals surface area contributed by atoms with Gasteiger partial charge >= 0.3 is 0 Å². The van der Waals surface area contributed by atoms with E-state index in [4.69, 9.17) is 4.74 Å². The summed E-state index contributed by atoms with van der Waals surface area (Å²) in [4.78, 5) is 27.5. The van der Waals surface area contributed by atoms with Gasteiger partial charge in [-0.15, -0.1) is 0 Å². The number of fused-ring (bicyclic) bond motifs is 1. The van der Waals surface area contributed by atoms with Gasteiger partial charge in [0, 0.05) is 29.9 Å². The monoisotopic (exact) mass is 442 g/mol. The number of carbonyl (C=O) groups is 2. The highest BCUT2D eigenvalue weighted by Crippen LogP contribution is 2.24. The Balaban J connectivity index is 1.36. The first-order valence-electron chi connectivity index (χ1n) is 11.6. The SMILES string of the molecule is CCCCCOc1ccc(C(=O)Nc2ccc3c(c2)CCN(Cc2ccccc2)C3=O)cc1. The number of nitrogens with zero attached hydrogens (tertiary/aromatic N) is 1. The number of nitrogens with one attached hydrogen (secondary N) is 1. The number of rotatable bonds is 9. The quantitative estimate of drug-likeness (QED) is 0.432. The lowest BCUT2D eigenvalue weighted by Gasteiger charge is -2.29. The summed E-state index contributed by atoms with van der Waals surface area (Å²) in [6.45, 7) is 4.12. The van der Waals surface area contributed by atoms with Gasteiger partial charge in [0.1, 0.15) is 5.75 Å². The molecule has 5 nitrogen and oxygen atoms in total. The number of benzene rings is 3. The molecule has 1 aliphatic rings. The van der Waals surface area contributed by atoms with Crippen LogP contribution in [0.4, 0.5) is 5.69 Å². The Morgan fingerprint density at radius 3 is 2.55 bits per heavy atom. The van der Waals surface area contributed by atoms with Crippen molar-refractivity contribution >= 4 is 17.5 Å². The van der Waals surface area contributed by atoms with Crippen LogP contribution >= 0.6 is 0 Å². The third kappa shape index (κ3) is 5.80. The minimum atomic E-state index is -0.180. The molecule has 0 spiro atoms. The van der Waals surface area contributed by atoms with Crippen molar-refractivity contribution < 1.29 is 14.3 Å². The van der Waals surface area contributed by atoms with Gasteiger partial charge in [-0.25, -0.2) is 0 Å². The first kappa shape index (κ1) is 22.6. The van der Waals surface area contributed by atoms with E-state index in [0.29, 0.717) is 36.5 Å². The highest BCUT2D eigenvalue weighted by Gasteiger charge is 2.24. The number of carbonyl (C=O) groups excluding carboxylic acids is 2. The molecule has 0 bridgehead atoms. The van der Waals surface area contributed by atoms with Crippen molar-refractivity contribution in [1.29, 1.82) is 0 Å². The molecule has 5 heteroatoms. The topological polar surface area (TPSA) is 58.6 Å². The van der Waals surface area contributed by atoms with Gasteiger partial charge in [-0.3, -0.25) is 9.59 Å². The fourth-order valence-corrected chi connectivity index (χ4v) is 4.02. The zero-order valence-corrected chi connectivity index (χ0v) is 19.0. The number of unbranched alkanes of at least 4 members (excludes halogenated alkanes) is 2. The molecule has 0 aliphatic carbocycles. The summed E-state index contributed by atoms with van der Waals surface area (Å²) >= 11 is 0. The highest BCUT2D eigenvalue weighted by molar-refractivity contribution is 6.05. The van der Waals surface area contributed by atoms with Crippen LogP contribution in [0.3, 0.4) is 0 Å². The lowest BCUT2D eigenvalue weighted by Crippen LogP contribution is -2.37. The van der Waals surface area contributed by atoms with E-state index in [-0.39, 0.29) is 11.8 Å². The van der Waals surface area contributed by atoms with Gasteiger partial charge in [-0.05, 0) is 66.4 Å². The van der Waals surface area contributed by atoms with E-state index in [1.807, 2.05) is 59.5 Å². The van der Waals surface area contributed by atoms with Crippen LogP contribution in [0.2, 0.25) is 0 Å². The zero-order chi connectivity index (χ0) is 23.0. The minimum absolute atomic E-state index is 0.0347. The molecule has 0 fully saturated rings. The molecule has 33 heavy (non-hydrogen) atoms. The van der Waals surface area contributed by atoms with Gasteiger partial charge in [0.25, 0.3) is 11.8 Å². The van der Waals surface area contributed by atoms with Crippen molar-refractivity contribution in [3.05, 3.63) is 95.1 Å². The van der Waals surface area contributed by atoms with Crippen LogP contribution in [0, 0.1) is 0 Å². The molecule has 0 aromatic heterocycles. The molecule has 170 valence electrons. The van der Waals surface area contributed by atoms with Gasteiger partial charge in [0.2, 0.25) is 0 Å². The van der Waals surface area contributed by atoms with Gasteiger partial charge in [0.15, 0.2) is 0 Å². The second-order valence-electron chi connectivity index (χ2n) is 8.37. The molecule has 0 saturated heterocycles. The van der Waals surface area contributed by atoms with E-state index >= 15 is 0 Å². The van der Waals surface area contributed by atoms with Crippen LogP contribution in [0.15, 0.2) is 72.8 Å². The summed E-state index contributed by atoms with van der Waals surface area (Å²) < 4.78 is 5.71. The maximum atomic E-state index is 12.9. The molecule has 3 aromatic rings. The summed E-state index contributed by atoms with van der Waals surface area (Å²) in [6, 6.07) is 22.7. The third-order valence-electron chi connectivity index (χ3n) is 5.88. The Bertz CT molecular complexity index is 1090. The number of anilines is 1. The molecule has 2 amide bonds.